The van der Waals surface area contributed by atoms with Crippen LogP contribution in [0.3, 0.4) is 0 Å². The molecule has 0 fully saturated rings. The first-order valence-corrected chi connectivity index (χ1v) is 6.63. The second-order valence-electron chi connectivity index (χ2n) is 4.30. The molecule has 0 bridgehead atoms. The fraction of sp³-hybridized carbons (Fsp3) is 0.357. The molecule has 1 aromatic carbocycles. The molecule has 20 heavy (non-hydrogen) atoms. The third-order valence-corrected chi connectivity index (χ3v) is 2.92. The lowest BCUT2D eigenvalue weighted by atomic mass is 10.0. The molecule has 0 saturated heterocycles. The van der Waals surface area contributed by atoms with E-state index in [9.17, 15) is 0 Å². The van der Waals surface area contributed by atoms with Crippen LogP contribution in [0.2, 0.25) is 5.28 Å². The van der Waals surface area contributed by atoms with Crippen molar-refractivity contribution in [2.75, 3.05) is 13.7 Å². The number of aromatic nitrogens is 3. The van der Waals surface area contributed by atoms with Gasteiger partial charge in [0.1, 0.15) is 5.75 Å². The Morgan fingerprint density at radius 3 is 2.55 bits per heavy atom. The molecular formula is C14H16ClN3O2. The van der Waals surface area contributed by atoms with E-state index >= 15 is 0 Å². The van der Waals surface area contributed by atoms with Gasteiger partial charge in [0.25, 0.3) is 0 Å². The van der Waals surface area contributed by atoms with Gasteiger partial charge in [-0.05, 0) is 49.6 Å². The smallest absolute Gasteiger partial charge is 0.321 e. The number of hydrogen-bond acceptors (Lipinski definition) is 5. The van der Waals surface area contributed by atoms with E-state index in [2.05, 4.69) is 15.0 Å². The Bertz CT molecular complexity index is 632. The summed E-state index contributed by atoms with van der Waals surface area (Å²) in [6.07, 6.45) is 0. The van der Waals surface area contributed by atoms with Gasteiger partial charge in [0.05, 0.1) is 19.3 Å². The van der Waals surface area contributed by atoms with E-state index in [0.29, 0.717) is 18.2 Å². The molecule has 5 nitrogen and oxygen atoms in total. The summed E-state index contributed by atoms with van der Waals surface area (Å²) in [6, 6.07) is 4.18. The van der Waals surface area contributed by atoms with Crippen LogP contribution >= 0.6 is 11.6 Å². The van der Waals surface area contributed by atoms with Crippen LogP contribution in [0.5, 0.6) is 11.8 Å². The maximum Gasteiger partial charge on any atom is 0.321 e. The predicted octanol–water partition coefficient (Wildman–Crippen LogP) is 3.22. The highest BCUT2D eigenvalue weighted by Gasteiger charge is 2.15. The number of hydrogen-bond donors (Lipinski definition) is 0. The van der Waals surface area contributed by atoms with Crippen LogP contribution < -0.4 is 9.47 Å². The number of methoxy groups -OCH3 is 1. The van der Waals surface area contributed by atoms with E-state index in [-0.39, 0.29) is 11.3 Å². The molecule has 0 N–H and O–H groups in total. The lowest BCUT2D eigenvalue weighted by Crippen LogP contribution is -2.03. The molecule has 1 heterocycles. The molecule has 0 amide bonds. The normalized spacial score (nSPS) is 10.4. The van der Waals surface area contributed by atoms with Crippen molar-refractivity contribution < 1.29 is 9.47 Å². The van der Waals surface area contributed by atoms with E-state index in [1.165, 1.54) is 0 Å². The molecule has 0 aliphatic rings. The minimum Gasteiger partial charge on any atom is -0.496 e. The summed E-state index contributed by atoms with van der Waals surface area (Å²) in [7, 11) is 1.62. The summed E-state index contributed by atoms with van der Waals surface area (Å²) < 4.78 is 10.7. The van der Waals surface area contributed by atoms with Gasteiger partial charge in [-0.3, -0.25) is 0 Å². The molecule has 0 radical (unpaired) electrons. The van der Waals surface area contributed by atoms with Crippen molar-refractivity contribution in [2.45, 2.75) is 20.8 Å². The van der Waals surface area contributed by atoms with E-state index in [0.717, 1.165) is 16.7 Å². The van der Waals surface area contributed by atoms with Gasteiger partial charge in [-0.25, -0.2) is 0 Å². The Hall–Kier alpha value is -1.88. The van der Waals surface area contributed by atoms with Crippen LogP contribution in [0.15, 0.2) is 12.1 Å². The van der Waals surface area contributed by atoms with Gasteiger partial charge in [0.15, 0.2) is 5.82 Å². The van der Waals surface area contributed by atoms with Crippen molar-refractivity contribution in [1.29, 1.82) is 0 Å². The second-order valence-corrected chi connectivity index (χ2v) is 4.64. The first-order valence-electron chi connectivity index (χ1n) is 6.25. The molecule has 1 aromatic heterocycles. The van der Waals surface area contributed by atoms with Crippen LogP contribution in [-0.4, -0.2) is 28.7 Å². The van der Waals surface area contributed by atoms with E-state index < -0.39 is 0 Å². The molecule has 0 unspecified atom stereocenters. The largest absolute Gasteiger partial charge is 0.496 e. The Morgan fingerprint density at radius 1 is 1.15 bits per heavy atom. The SMILES string of the molecule is CCOc1nc(Cl)nc(-c2c(C)cc(C)cc2OC)n1. The highest BCUT2D eigenvalue weighted by molar-refractivity contribution is 6.28. The van der Waals surface area contributed by atoms with Crippen molar-refractivity contribution in [3.8, 4) is 23.1 Å². The summed E-state index contributed by atoms with van der Waals surface area (Å²) in [5.74, 6) is 1.15. The van der Waals surface area contributed by atoms with E-state index in [1.54, 1.807) is 7.11 Å². The van der Waals surface area contributed by atoms with Crippen molar-refractivity contribution in [3.05, 3.63) is 28.5 Å². The highest BCUT2D eigenvalue weighted by Crippen LogP contribution is 2.33. The second kappa shape index (κ2) is 6.05. The zero-order valence-corrected chi connectivity index (χ0v) is 12.7. The Balaban J connectivity index is 2.61. The van der Waals surface area contributed by atoms with Crippen LogP contribution in [0.4, 0.5) is 0 Å². The maximum absolute atomic E-state index is 5.93. The van der Waals surface area contributed by atoms with Gasteiger partial charge in [-0.1, -0.05) is 6.07 Å². The zero-order valence-electron chi connectivity index (χ0n) is 11.9. The third-order valence-electron chi connectivity index (χ3n) is 2.75. The minimum atomic E-state index is 0.0977. The summed E-state index contributed by atoms with van der Waals surface area (Å²) in [5, 5.41) is 0.0977. The first-order chi connectivity index (χ1) is 9.55. The number of benzene rings is 1. The van der Waals surface area contributed by atoms with Crippen molar-refractivity contribution in [1.82, 2.24) is 15.0 Å². The number of nitrogens with zero attached hydrogens (tertiary/aromatic N) is 3. The van der Waals surface area contributed by atoms with E-state index in [4.69, 9.17) is 21.1 Å². The van der Waals surface area contributed by atoms with Crippen molar-refractivity contribution in [2.24, 2.45) is 0 Å². The molecule has 6 heteroatoms. The van der Waals surface area contributed by atoms with Gasteiger partial charge >= 0.3 is 6.01 Å². The zero-order chi connectivity index (χ0) is 14.7. The first kappa shape index (κ1) is 14.5. The lowest BCUT2D eigenvalue weighted by Gasteiger charge is -2.12. The topological polar surface area (TPSA) is 57.1 Å². The number of rotatable bonds is 4. The average Bonchev–Trinajstić information content (AvgIpc) is 2.37. The summed E-state index contributed by atoms with van der Waals surface area (Å²) in [5.41, 5.74) is 2.91. The lowest BCUT2D eigenvalue weighted by molar-refractivity contribution is 0.312. The summed E-state index contributed by atoms with van der Waals surface area (Å²) in [6.45, 7) is 6.30. The fourth-order valence-corrected chi connectivity index (χ4v) is 2.17. The minimum absolute atomic E-state index is 0.0977. The molecule has 0 saturated carbocycles. The predicted molar refractivity (Wildman–Crippen MR) is 77.5 cm³/mol. The van der Waals surface area contributed by atoms with Gasteiger partial charge < -0.3 is 9.47 Å². The monoisotopic (exact) mass is 293 g/mol. The van der Waals surface area contributed by atoms with Crippen molar-refractivity contribution in [3.63, 3.8) is 0 Å². The third kappa shape index (κ3) is 2.99. The van der Waals surface area contributed by atoms with Crippen molar-refractivity contribution >= 4 is 11.6 Å². The van der Waals surface area contributed by atoms with Crippen LogP contribution in [0.1, 0.15) is 18.1 Å². The van der Waals surface area contributed by atoms with Gasteiger partial charge in [-0.15, -0.1) is 0 Å². The van der Waals surface area contributed by atoms with E-state index in [1.807, 2.05) is 32.9 Å². The quantitative estimate of drug-likeness (QED) is 0.866. The fourth-order valence-electron chi connectivity index (χ4n) is 2.01. The Kier molecular flexibility index (Phi) is 4.39. The number of halogens is 1. The molecule has 0 atom stereocenters. The van der Waals surface area contributed by atoms with Crippen LogP contribution in [-0.2, 0) is 0 Å². The molecule has 106 valence electrons. The Morgan fingerprint density at radius 2 is 1.90 bits per heavy atom. The summed E-state index contributed by atoms with van der Waals surface area (Å²) >= 11 is 5.93. The number of aryl methyl sites for hydroxylation is 2. The molecule has 0 aliphatic heterocycles. The molecule has 0 spiro atoms. The average molecular weight is 294 g/mol. The van der Waals surface area contributed by atoms with Gasteiger partial charge in [0.2, 0.25) is 5.28 Å². The number of ether oxygens (including phenoxy) is 2. The summed E-state index contributed by atoms with van der Waals surface area (Å²) in [4.78, 5) is 12.4. The maximum atomic E-state index is 5.93. The van der Waals surface area contributed by atoms with Crippen LogP contribution in [0, 0.1) is 13.8 Å². The Labute approximate surface area is 123 Å². The molecule has 2 aromatic rings. The standard InChI is InChI=1S/C14H16ClN3O2/c1-5-20-14-17-12(16-13(15)18-14)11-9(3)6-8(2)7-10(11)19-4/h6-7H,5H2,1-4H3. The van der Waals surface area contributed by atoms with Crippen LogP contribution in [0.25, 0.3) is 11.4 Å². The molecular weight excluding hydrogens is 278 g/mol. The highest BCUT2D eigenvalue weighted by atomic mass is 35.5. The van der Waals surface area contributed by atoms with Gasteiger partial charge in [-0.2, -0.15) is 15.0 Å². The van der Waals surface area contributed by atoms with Gasteiger partial charge in [0, 0.05) is 0 Å². The molecule has 2 rings (SSSR count). The molecule has 0 aliphatic carbocycles.